The van der Waals surface area contributed by atoms with Crippen molar-refractivity contribution in [2.75, 3.05) is 26.8 Å². The predicted octanol–water partition coefficient (Wildman–Crippen LogP) is 3.39. The zero-order chi connectivity index (χ0) is 19.2. The molecule has 0 saturated heterocycles. The monoisotopic (exact) mass is 389 g/mol. The first-order chi connectivity index (χ1) is 13.1. The van der Waals surface area contributed by atoms with Crippen molar-refractivity contribution in [2.45, 2.75) is 12.5 Å². The van der Waals surface area contributed by atoms with Gasteiger partial charge in [-0.25, -0.2) is 9.40 Å². The summed E-state index contributed by atoms with van der Waals surface area (Å²) in [6.45, 7) is 1.23. The molecule has 0 fully saturated rings. The molecule has 2 aromatic carbocycles. The van der Waals surface area contributed by atoms with Gasteiger partial charge in [0.15, 0.2) is 0 Å². The lowest BCUT2D eigenvalue weighted by Gasteiger charge is -2.23. The first-order valence-corrected chi connectivity index (χ1v) is 9.07. The highest BCUT2D eigenvalue weighted by molar-refractivity contribution is 6.31. The second-order valence-corrected chi connectivity index (χ2v) is 6.61. The summed E-state index contributed by atoms with van der Waals surface area (Å²) in [7, 11) is 1.61. The van der Waals surface area contributed by atoms with Gasteiger partial charge < -0.3 is 10.1 Å². The van der Waals surface area contributed by atoms with Crippen LogP contribution in [0.3, 0.4) is 0 Å². The second-order valence-electron chi connectivity index (χ2n) is 6.20. The van der Waals surface area contributed by atoms with E-state index in [1.165, 1.54) is 17.1 Å². The van der Waals surface area contributed by atoms with Crippen LogP contribution >= 0.6 is 11.6 Å². The lowest BCUT2D eigenvalue weighted by atomic mass is 9.98. The molecule has 3 rings (SSSR count). The second kappa shape index (κ2) is 9.08. The molecule has 7 heteroatoms. The van der Waals surface area contributed by atoms with Gasteiger partial charge in [0.1, 0.15) is 5.82 Å². The van der Waals surface area contributed by atoms with E-state index < -0.39 is 0 Å². The van der Waals surface area contributed by atoms with E-state index in [0.717, 1.165) is 16.8 Å². The molecule has 1 aliphatic heterocycles. The summed E-state index contributed by atoms with van der Waals surface area (Å²) in [6.07, 6.45) is 0.513. The number of rotatable bonds is 7. The highest BCUT2D eigenvalue weighted by atomic mass is 35.5. The van der Waals surface area contributed by atoms with Crippen LogP contribution in [0.25, 0.3) is 0 Å². The quantitative estimate of drug-likeness (QED) is 0.738. The van der Waals surface area contributed by atoms with Gasteiger partial charge in [0.2, 0.25) is 0 Å². The van der Waals surface area contributed by atoms with Gasteiger partial charge in [0.25, 0.3) is 5.91 Å². The molecule has 27 heavy (non-hydrogen) atoms. The number of hydrazone groups is 1. The molecule has 2 aromatic rings. The van der Waals surface area contributed by atoms with Crippen LogP contribution in [0.2, 0.25) is 5.02 Å². The van der Waals surface area contributed by atoms with Crippen molar-refractivity contribution in [3.8, 4) is 0 Å². The Hall–Kier alpha value is -2.28. The molecule has 142 valence electrons. The molecule has 1 amide bonds. The van der Waals surface area contributed by atoms with Gasteiger partial charge in [-0.1, -0.05) is 41.9 Å². The summed E-state index contributed by atoms with van der Waals surface area (Å²) in [5.41, 5.74) is 2.35. The van der Waals surface area contributed by atoms with Gasteiger partial charge in [-0.05, 0) is 29.3 Å². The van der Waals surface area contributed by atoms with Gasteiger partial charge in [-0.2, -0.15) is 5.10 Å². The van der Waals surface area contributed by atoms with Crippen LogP contribution in [-0.2, 0) is 9.53 Å². The third kappa shape index (κ3) is 4.71. The summed E-state index contributed by atoms with van der Waals surface area (Å²) in [5.74, 6) is -0.469. The summed E-state index contributed by atoms with van der Waals surface area (Å²) in [5, 5.41) is 9.64. The molecule has 1 atom stereocenters. The zero-order valence-electron chi connectivity index (χ0n) is 15.0. The minimum Gasteiger partial charge on any atom is -0.383 e. The number of halogens is 2. The number of carbonyl (C=O) groups is 1. The van der Waals surface area contributed by atoms with E-state index in [0.29, 0.717) is 24.6 Å². The van der Waals surface area contributed by atoms with E-state index >= 15 is 0 Å². The molecule has 0 aromatic heterocycles. The summed E-state index contributed by atoms with van der Waals surface area (Å²) in [4.78, 5) is 12.7. The van der Waals surface area contributed by atoms with E-state index in [1.807, 2.05) is 18.2 Å². The number of nitrogens with one attached hydrogen (secondary N) is 1. The smallest absolute Gasteiger partial charge is 0.257 e. The Bertz CT molecular complexity index is 826. The van der Waals surface area contributed by atoms with Crippen molar-refractivity contribution in [2.24, 2.45) is 5.10 Å². The van der Waals surface area contributed by atoms with E-state index in [-0.39, 0.29) is 24.3 Å². The number of hydrogen-bond acceptors (Lipinski definition) is 4. The number of hydrogen-bond donors (Lipinski definition) is 1. The molecule has 0 spiro atoms. The van der Waals surface area contributed by atoms with Crippen molar-refractivity contribution < 1.29 is 13.9 Å². The number of benzene rings is 2. The lowest BCUT2D eigenvalue weighted by Crippen LogP contribution is -2.36. The SMILES string of the molecule is COCCNCC(=O)N1N=C(c2ccc(F)cc2)CC1c1ccccc1Cl. The van der Waals surface area contributed by atoms with Crippen molar-refractivity contribution in [1.82, 2.24) is 10.3 Å². The van der Waals surface area contributed by atoms with E-state index in [1.54, 1.807) is 25.3 Å². The molecule has 1 heterocycles. The molecule has 5 nitrogen and oxygen atoms in total. The number of amides is 1. The minimum absolute atomic E-state index is 0.143. The summed E-state index contributed by atoms with van der Waals surface area (Å²) in [6, 6.07) is 13.2. The van der Waals surface area contributed by atoms with E-state index in [4.69, 9.17) is 16.3 Å². The Morgan fingerprint density at radius 2 is 2.04 bits per heavy atom. The average Bonchev–Trinajstić information content (AvgIpc) is 3.11. The molecule has 0 radical (unpaired) electrons. The Morgan fingerprint density at radius 1 is 1.30 bits per heavy atom. The van der Waals surface area contributed by atoms with Crippen LogP contribution in [0, 0.1) is 5.82 Å². The third-order valence-electron chi connectivity index (χ3n) is 4.37. The van der Waals surface area contributed by atoms with Crippen molar-refractivity contribution in [3.05, 3.63) is 70.5 Å². The standard InChI is InChI=1S/C20H21ClFN3O2/c1-27-11-10-23-13-20(26)25-19(16-4-2-3-5-17(16)21)12-18(24-25)14-6-8-15(22)9-7-14/h2-9,19,23H,10-13H2,1H3. The van der Waals surface area contributed by atoms with Crippen LogP contribution < -0.4 is 5.32 Å². The van der Waals surface area contributed by atoms with Gasteiger partial charge in [0.05, 0.1) is 24.9 Å². The molecule has 1 N–H and O–H groups in total. The molecule has 0 aliphatic carbocycles. The number of ether oxygens (including phenoxy) is 1. The normalized spacial score (nSPS) is 16.5. The molecular weight excluding hydrogens is 369 g/mol. The lowest BCUT2D eigenvalue weighted by molar-refractivity contribution is -0.132. The summed E-state index contributed by atoms with van der Waals surface area (Å²) < 4.78 is 18.2. The topological polar surface area (TPSA) is 53.9 Å². The Balaban J connectivity index is 1.84. The Morgan fingerprint density at radius 3 is 2.74 bits per heavy atom. The van der Waals surface area contributed by atoms with Crippen molar-refractivity contribution in [1.29, 1.82) is 0 Å². The minimum atomic E-state index is -0.310. The van der Waals surface area contributed by atoms with Crippen LogP contribution in [-0.4, -0.2) is 43.4 Å². The van der Waals surface area contributed by atoms with Crippen LogP contribution in [0.4, 0.5) is 4.39 Å². The zero-order valence-corrected chi connectivity index (χ0v) is 15.7. The Labute approximate surface area is 162 Å². The van der Waals surface area contributed by atoms with Gasteiger partial charge in [-0.3, -0.25) is 4.79 Å². The van der Waals surface area contributed by atoms with Gasteiger partial charge in [0, 0.05) is 25.1 Å². The largest absolute Gasteiger partial charge is 0.383 e. The highest BCUT2D eigenvalue weighted by Crippen LogP contribution is 2.36. The number of methoxy groups -OCH3 is 1. The van der Waals surface area contributed by atoms with Crippen LogP contribution in [0.5, 0.6) is 0 Å². The maximum atomic E-state index is 13.2. The maximum absolute atomic E-state index is 13.2. The fourth-order valence-electron chi connectivity index (χ4n) is 3.00. The van der Waals surface area contributed by atoms with Crippen molar-refractivity contribution >= 4 is 23.2 Å². The molecule has 1 unspecified atom stereocenters. The first kappa shape index (κ1) is 19.5. The third-order valence-corrected chi connectivity index (χ3v) is 4.71. The Kier molecular flexibility index (Phi) is 6.55. The molecule has 0 saturated carbocycles. The number of nitrogens with zero attached hydrogens (tertiary/aromatic N) is 2. The average molecular weight is 390 g/mol. The van der Waals surface area contributed by atoms with Crippen LogP contribution in [0.15, 0.2) is 53.6 Å². The number of carbonyl (C=O) groups excluding carboxylic acids is 1. The first-order valence-electron chi connectivity index (χ1n) is 8.69. The van der Waals surface area contributed by atoms with Gasteiger partial charge >= 0.3 is 0 Å². The summed E-state index contributed by atoms with van der Waals surface area (Å²) >= 11 is 6.36. The maximum Gasteiger partial charge on any atom is 0.257 e. The van der Waals surface area contributed by atoms with Crippen molar-refractivity contribution in [3.63, 3.8) is 0 Å². The molecular formula is C20H21ClFN3O2. The highest BCUT2D eigenvalue weighted by Gasteiger charge is 2.33. The fraction of sp³-hybridized carbons (Fsp3) is 0.300. The van der Waals surface area contributed by atoms with E-state index in [2.05, 4.69) is 10.4 Å². The van der Waals surface area contributed by atoms with E-state index in [9.17, 15) is 9.18 Å². The molecule has 1 aliphatic rings. The molecule has 0 bridgehead atoms. The predicted molar refractivity (Wildman–Crippen MR) is 103 cm³/mol. The fourth-order valence-corrected chi connectivity index (χ4v) is 3.26. The van der Waals surface area contributed by atoms with Crippen LogP contribution in [0.1, 0.15) is 23.6 Å². The van der Waals surface area contributed by atoms with Gasteiger partial charge in [-0.15, -0.1) is 0 Å².